The van der Waals surface area contributed by atoms with Gasteiger partial charge in [-0.15, -0.1) is 0 Å². The van der Waals surface area contributed by atoms with E-state index < -0.39 is 24.4 Å². The van der Waals surface area contributed by atoms with E-state index in [-0.39, 0.29) is 39.1 Å². The minimum absolute atomic E-state index is 0.0514. The molecule has 8 nitrogen and oxygen atoms in total. The molecule has 6 rings (SSSR count). The molecule has 1 fully saturated rings. The number of benzene rings is 5. The van der Waals surface area contributed by atoms with Gasteiger partial charge in [0.15, 0.2) is 0 Å². The zero-order valence-electron chi connectivity index (χ0n) is 31.3. The van der Waals surface area contributed by atoms with E-state index in [0.29, 0.717) is 37.9 Å². The standard InChI is InChI=1S/C46H51ClO8/c1-2-51-41-21-18-34(19-22-41)24-40-25-39(20-23-42(40)47)44-46(54-31-37-16-10-5-11-17-37)45(53-30-36-14-8-4-9-15-36)43(52-29-35-12-6-3-7-13-35)32-49-27-38(26-48)28-50-33-55-44/h3-23,25,38,43-46,48H,2,24,26-33H2,1H3. The fourth-order valence-corrected chi connectivity index (χ4v) is 6.72. The molecular formula is C46H51ClO8. The Kier molecular flexibility index (Phi) is 16.1. The Balaban J connectivity index is 1.41. The highest BCUT2D eigenvalue weighted by atomic mass is 35.5. The SMILES string of the molecule is CCOc1ccc(Cc2cc(C3OCOCC(CO)COCC(OCc4ccccc4)C(OCc4ccccc4)C3OCc3ccccc3)ccc2Cl)cc1. The molecule has 5 aromatic rings. The highest BCUT2D eigenvalue weighted by molar-refractivity contribution is 6.31. The molecule has 290 valence electrons. The Morgan fingerprint density at radius 1 is 0.636 bits per heavy atom. The number of aliphatic hydroxyl groups excluding tert-OH is 1. The van der Waals surface area contributed by atoms with Crippen LogP contribution >= 0.6 is 11.6 Å². The van der Waals surface area contributed by atoms with E-state index in [9.17, 15) is 5.11 Å². The maximum Gasteiger partial charge on any atom is 0.147 e. The lowest BCUT2D eigenvalue weighted by Gasteiger charge is -2.38. The van der Waals surface area contributed by atoms with Crippen molar-refractivity contribution in [3.63, 3.8) is 0 Å². The summed E-state index contributed by atoms with van der Waals surface area (Å²) in [4.78, 5) is 0. The monoisotopic (exact) mass is 766 g/mol. The molecule has 5 aromatic carbocycles. The van der Waals surface area contributed by atoms with E-state index in [2.05, 4.69) is 18.2 Å². The first-order valence-electron chi connectivity index (χ1n) is 18.9. The zero-order valence-corrected chi connectivity index (χ0v) is 32.1. The highest BCUT2D eigenvalue weighted by Gasteiger charge is 2.40. The summed E-state index contributed by atoms with van der Waals surface area (Å²) in [5.41, 5.74) is 5.89. The number of ether oxygens (including phenoxy) is 7. The summed E-state index contributed by atoms with van der Waals surface area (Å²) in [7, 11) is 0. The maximum absolute atomic E-state index is 10.1. The Bertz CT molecular complexity index is 1810. The molecule has 9 heteroatoms. The summed E-state index contributed by atoms with van der Waals surface area (Å²) < 4.78 is 45.3. The first-order chi connectivity index (χ1) is 27.1. The molecule has 55 heavy (non-hydrogen) atoms. The van der Waals surface area contributed by atoms with Crippen LogP contribution in [0.5, 0.6) is 5.75 Å². The van der Waals surface area contributed by atoms with Crippen LogP contribution in [0.1, 0.15) is 46.4 Å². The van der Waals surface area contributed by atoms with Crippen molar-refractivity contribution < 1.29 is 38.3 Å². The maximum atomic E-state index is 10.1. The molecule has 1 aliphatic heterocycles. The van der Waals surface area contributed by atoms with Crippen LogP contribution in [0.4, 0.5) is 0 Å². The van der Waals surface area contributed by atoms with Crippen molar-refractivity contribution in [1.82, 2.24) is 0 Å². The van der Waals surface area contributed by atoms with Crippen LogP contribution in [0, 0.1) is 5.92 Å². The summed E-state index contributed by atoms with van der Waals surface area (Å²) in [6, 6.07) is 44.1. The van der Waals surface area contributed by atoms with Crippen molar-refractivity contribution in [3.05, 3.63) is 172 Å². The van der Waals surface area contributed by atoms with Crippen molar-refractivity contribution in [2.24, 2.45) is 5.92 Å². The topological polar surface area (TPSA) is 84.8 Å². The van der Waals surface area contributed by atoms with E-state index in [1.54, 1.807) is 0 Å². The van der Waals surface area contributed by atoms with Gasteiger partial charge in [-0.2, -0.15) is 0 Å². The molecule has 0 radical (unpaired) electrons. The fourth-order valence-electron chi connectivity index (χ4n) is 6.54. The minimum atomic E-state index is -0.704. The molecule has 1 N–H and O–H groups in total. The van der Waals surface area contributed by atoms with Gasteiger partial charge in [-0.3, -0.25) is 0 Å². The normalized spacial score (nSPS) is 21.0. The van der Waals surface area contributed by atoms with E-state index in [1.807, 2.05) is 122 Å². The highest BCUT2D eigenvalue weighted by Crippen LogP contribution is 2.34. The number of hydrogen-bond acceptors (Lipinski definition) is 8. The summed E-state index contributed by atoms with van der Waals surface area (Å²) in [6.07, 6.45) is -2.07. The van der Waals surface area contributed by atoms with Crippen LogP contribution < -0.4 is 4.74 Å². The van der Waals surface area contributed by atoms with Gasteiger partial charge in [0.25, 0.3) is 0 Å². The molecule has 1 heterocycles. The van der Waals surface area contributed by atoms with Gasteiger partial charge in [0.2, 0.25) is 0 Å². The number of aliphatic hydroxyl groups is 1. The predicted octanol–water partition coefficient (Wildman–Crippen LogP) is 8.76. The first-order valence-corrected chi connectivity index (χ1v) is 19.3. The van der Waals surface area contributed by atoms with E-state index in [0.717, 1.165) is 39.1 Å². The Morgan fingerprint density at radius 3 is 1.82 bits per heavy atom. The lowest BCUT2D eigenvalue weighted by molar-refractivity contribution is -0.221. The molecule has 0 saturated carbocycles. The summed E-state index contributed by atoms with van der Waals surface area (Å²) >= 11 is 6.88. The third-order valence-corrected chi connectivity index (χ3v) is 9.84. The second-order valence-electron chi connectivity index (χ2n) is 13.6. The third-order valence-electron chi connectivity index (χ3n) is 9.47. The first kappa shape index (κ1) is 40.6. The molecule has 0 aliphatic carbocycles. The molecule has 0 aromatic heterocycles. The van der Waals surface area contributed by atoms with E-state index in [4.69, 9.17) is 44.8 Å². The minimum Gasteiger partial charge on any atom is -0.494 e. The fraction of sp³-hybridized carbons (Fsp3) is 0.348. The second kappa shape index (κ2) is 21.9. The molecular weight excluding hydrogens is 716 g/mol. The van der Waals surface area contributed by atoms with Crippen LogP contribution in [0.25, 0.3) is 0 Å². The van der Waals surface area contributed by atoms with Crippen LogP contribution in [0.2, 0.25) is 5.02 Å². The van der Waals surface area contributed by atoms with Gasteiger partial charge in [0.05, 0.1) is 52.9 Å². The van der Waals surface area contributed by atoms with Crippen molar-refractivity contribution >= 4 is 11.6 Å². The van der Waals surface area contributed by atoms with Gasteiger partial charge in [-0.1, -0.05) is 127 Å². The number of halogens is 1. The molecule has 5 unspecified atom stereocenters. The number of hydrogen-bond donors (Lipinski definition) is 1. The quantitative estimate of drug-likeness (QED) is 0.113. The van der Waals surface area contributed by atoms with Gasteiger partial charge in [-0.05, 0) is 64.9 Å². The second-order valence-corrected chi connectivity index (χ2v) is 14.0. The predicted molar refractivity (Wildman–Crippen MR) is 213 cm³/mol. The average Bonchev–Trinajstić information content (AvgIpc) is 3.22. The van der Waals surface area contributed by atoms with Gasteiger partial charge in [0.1, 0.15) is 37.0 Å². The van der Waals surface area contributed by atoms with Crippen LogP contribution in [0.3, 0.4) is 0 Å². The number of rotatable bonds is 15. The Morgan fingerprint density at radius 2 is 1.22 bits per heavy atom. The lowest BCUT2D eigenvalue weighted by Crippen LogP contribution is -2.48. The van der Waals surface area contributed by atoms with E-state index >= 15 is 0 Å². The van der Waals surface area contributed by atoms with Crippen LogP contribution in [0.15, 0.2) is 133 Å². The van der Waals surface area contributed by atoms with Crippen LogP contribution in [-0.2, 0) is 54.7 Å². The van der Waals surface area contributed by atoms with Crippen molar-refractivity contribution in [1.29, 1.82) is 0 Å². The van der Waals surface area contributed by atoms with Gasteiger partial charge >= 0.3 is 0 Å². The van der Waals surface area contributed by atoms with Crippen molar-refractivity contribution in [2.75, 3.05) is 39.8 Å². The molecule has 5 atom stereocenters. The average molecular weight is 767 g/mol. The lowest BCUT2D eigenvalue weighted by atomic mass is 9.93. The van der Waals surface area contributed by atoms with Crippen molar-refractivity contribution in [2.45, 2.75) is 57.6 Å². The molecule has 0 amide bonds. The molecule has 0 bridgehead atoms. The molecule has 0 spiro atoms. The van der Waals surface area contributed by atoms with Gasteiger partial charge in [0, 0.05) is 10.9 Å². The largest absolute Gasteiger partial charge is 0.494 e. The Hall–Kier alpha value is -4.09. The molecule has 1 aliphatic rings. The summed E-state index contributed by atoms with van der Waals surface area (Å²) in [6.45, 7) is 4.07. The Labute approximate surface area is 329 Å². The van der Waals surface area contributed by atoms with E-state index in [1.165, 1.54) is 0 Å². The third kappa shape index (κ3) is 12.5. The smallest absolute Gasteiger partial charge is 0.147 e. The zero-order chi connectivity index (χ0) is 38.1. The van der Waals surface area contributed by atoms with Crippen molar-refractivity contribution in [3.8, 4) is 5.75 Å². The molecule has 1 saturated heterocycles. The summed E-state index contributed by atoms with van der Waals surface area (Å²) in [5, 5.41) is 10.8. The summed E-state index contributed by atoms with van der Waals surface area (Å²) in [5.74, 6) is 0.574. The van der Waals surface area contributed by atoms with Gasteiger partial charge < -0.3 is 38.3 Å². The van der Waals surface area contributed by atoms with Crippen LogP contribution in [-0.4, -0.2) is 63.2 Å². The van der Waals surface area contributed by atoms with Gasteiger partial charge in [-0.25, -0.2) is 0 Å².